The lowest BCUT2D eigenvalue weighted by Gasteiger charge is -2.14. The first-order valence-corrected chi connectivity index (χ1v) is 10.2. The molecule has 2 amide bonds. The van der Waals surface area contributed by atoms with Crippen LogP contribution in [0.4, 0.5) is 0 Å². The van der Waals surface area contributed by atoms with Crippen molar-refractivity contribution in [3.05, 3.63) is 58.6 Å². The van der Waals surface area contributed by atoms with Gasteiger partial charge in [0.2, 0.25) is 11.8 Å². The molecule has 3 aromatic heterocycles. The number of carbonyl (C=O) groups is 2. The molecule has 32 heavy (non-hydrogen) atoms. The Labute approximate surface area is 182 Å². The van der Waals surface area contributed by atoms with E-state index in [1.165, 1.54) is 0 Å². The van der Waals surface area contributed by atoms with E-state index in [-0.39, 0.29) is 23.4 Å². The van der Waals surface area contributed by atoms with Crippen molar-refractivity contribution in [1.82, 2.24) is 24.9 Å². The van der Waals surface area contributed by atoms with Gasteiger partial charge in [0, 0.05) is 28.1 Å². The highest BCUT2D eigenvalue weighted by atomic mass is 16.5. The number of hydrogen-bond donors (Lipinski definition) is 2. The lowest BCUT2D eigenvalue weighted by Crippen LogP contribution is -2.21. The first kappa shape index (κ1) is 19.9. The quantitative estimate of drug-likeness (QED) is 0.474. The zero-order valence-electron chi connectivity index (χ0n) is 17.6. The number of nitrogens with zero attached hydrogens (tertiary/aromatic N) is 5. The molecule has 0 radical (unpaired) electrons. The van der Waals surface area contributed by atoms with E-state index >= 15 is 0 Å². The van der Waals surface area contributed by atoms with Crippen molar-refractivity contribution in [2.45, 2.75) is 39.2 Å². The van der Waals surface area contributed by atoms with Crippen molar-refractivity contribution in [2.24, 2.45) is 11.5 Å². The smallest absolute Gasteiger partial charge is 0.267 e. The summed E-state index contributed by atoms with van der Waals surface area (Å²) >= 11 is 0. The molecule has 4 N–H and O–H groups in total. The topological polar surface area (TPSA) is 156 Å². The van der Waals surface area contributed by atoms with E-state index in [1.807, 2.05) is 6.92 Å². The molecule has 1 aromatic carbocycles. The molecule has 4 aromatic rings. The van der Waals surface area contributed by atoms with Crippen LogP contribution in [-0.2, 0) is 6.54 Å². The van der Waals surface area contributed by atoms with Crippen molar-refractivity contribution in [1.29, 1.82) is 0 Å². The van der Waals surface area contributed by atoms with Gasteiger partial charge in [-0.25, -0.2) is 4.98 Å². The van der Waals surface area contributed by atoms with Gasteiger partial charge in [0.05, 0.1) is 16.8 Å². The molecular weight excluding hydrogens is 410 g/mol. The van der Waals surface area contributed by atoms with E-state index in [2.05, 4.69) is 20.2 Å². The van der Waals surface area contributed by atoms with E-state index < -0.39 is 11.8 Å². The number of fused-ring (bicyclic) bond motifs is 1. The fourth-order valence-electron chi connectivity index (χ4n) is 4.07. The monoisotopic (exact) mass is 431 g/mol. The summed E-state index contributed by atoms with van der Waals surface area (Å²) in [6, 6.07) is 6.98. The predicted molar refractivity (Wildman–Crippen MR) is 115 cm³/mol. The summed E-state index contributed by atoms with van der Waals surface area (Å²) in [6.45, 7) is 3.87. The second-order valence-electron chi connectivity index (χ2n) is 7.98. The largest absolute Gasteiger partial charge is 0.366 e. The lowest BCUT2D eigenvalue weighted by molar-refractivity contribution is 0.0996. The van der Waals surface area contributed by atoms with Gasteiger partial charge in [-0.2, -0.15) is 10.1 Å². The maximum atomic E-state index is 12.6. The zero-order chi connectivity index (χ0) is 22.6. The molecule has 0 bridgehead atoms. The number of aromatic nitrogens is 5. The highest BCUT2D eigenvalue weighted by molar-refractivity contribution is 6.15. The van der Waals surface area contributed by atoms with Gasteiger partial charge >= 0.3 is 0 Å². The maximum absolute atomic E-state index is 12.6. The van der Waals surface area contributed by atoms with Gasteiger partial charge < -0.3 is 16.0 Å². The van der Waals surface area contributed by atoms with Gasteiger partial charge in [-0.3, -0.25) is 14.3 Å². The molecule has 10 nitrogen and oxygen atoms in total. The van der Waals surface area contributed by atoms with Crippen LogP contribution >= 0.6 is 0 Å². The third kappa shape index (κ3) is 3.20. The zero-order valence-corrected chi connectivity index (χ0v) is 17.6. The van der Waals surface area contributed by atoms with E-state index in [0.717, 1.165) is 12.8 Å². The minimum absolute atomic E-state index is 0.0305. The first-order valence-electron chi connectivity index (χ1n) is 10.2. The molecule has 0 aliphatic heterocycles. The Morgan fingerprint density at radius 2 is 1.84 bits per heavy atom. The molecule has 1 aliphatic carbocycles. The molecule has 0 spiro atoms. The van der Waals surface area contributed by atoms with Gasteiger partial charge in [-0.05, 0) is 32.8 Å². The SMILES string of the molecule is Cc1nn(Cc2nc(C3CC3)no2)c(C)c1-c1c(C(N)=O)nc2ccccc2c1C(N)=O. The minimum Gasteiger partial charge on any atom is -0.366 e. The van der Waals surface area contributed by atoms with Crippen LogP contribution in [-0.4, -0.2) is 36.7 Å². The summed E-state index contributed by atoms with van der Waals surface area (Å²) in [4.78, 5) is 33.8. The predicted octanol–water partition coefficient (Wildman–Crippen LogP) is 2.22. The van der Waals surface area contributed by atoms with Gasteiger partial charge in [0.1, 0.15) is 12.2 Å². The number of hydrogen-bond acceptors (Lipinski definition) is 7. The van der Waals surface area contributed by atoms with Gasteiger partial charge in [-0.1, -0.05) is 23.4 Å². The summed E-state index contributed by atoms with van der Waals surface area (Å²) in [5.74, 6) is 0.0892. The van der Waals surface area contributed by atoms with Crippen molar-refractivity contribution in [3.8, 4) is 11.1 Å². The molecule has 3 heterocycles. The second kappa shape index (κ2) is 7.26. The molecule has 0 unspecified atom stereocenters. The molecule has 1 fully saturated rings. The van der Waals surface area contributed by atoms with Crippen molar-refractivity contribution < 1.29 is 14.1 Å². The number of pyridine rings is 1. The molecule has 0 atom stereocenters. The Morgan fingerprint density at radius 3 is 2.53 bits per heavy atom. The van der Waals surface area contributed by atoms with E-state index in [1.54, 1.807) is 35.9 Å². The van der Waals surface area contributed by atoms with E-state index in [0.29, 0.717) is 45.5 Å². The average Bonchev–Trinajstić information content (AvgIpc) is 3.44. The van der Waals surface area contributed by atoms with Crippen LogP contribution in [0.25, 0.3) is 22.0 Å². The van der Waals surface area contributed by atoms with E-state index in [4.69, 9.17) is 16.0 Å². The minimum atomic E-state index is -0.759. The Hall–Kier alpha value is -4.08. The standard InChI is InChI=1S/C22H21N7O3/c1-10-16(11(2)29(27-10)9-15-26-22(28-32-15)12-7-8-12)18-17(20(23)30)13-5-3-4-6-14(13)25-19(18)21(24)31/h3-6,12H,7-9H2,1-2H3,(H2,23,30)(H2,24,31). The fourth-order valence-corrected chi connectivity index (χ4v) is 4.07. The van der Waals surface area contributed by atoms with Crippen LogP contribution in [0.15, 0.2) is 28.8 Å². The van der Waals surface area contributed by atoms with Crippen LogP contribution in [0.5, 0.6) is 0 Å². The normalized spacial score (nSPS) is 13.6. The molecule has 10 heteroatoms. The number of primary amides is 2. The van der Waals surface area contributed by atoms with Crippen LogP contribution in [0.1, 0.15) is 62.7 Å². The lowest BCUT2D eigenvalue weighted by atomic mass is 9.92. The summed E-state index contributed by atoms with van der Waals surface area (Å²) in [6.07, 6.45) is 2.15. The van der Waals surface area contributed by atoms with Crippen LogP contribution < -0.4 is 11.5 Å². The Balaban J connectivity index is 1.69. The van der Waals surface area contributed by atoms with Crippen LogP contribution in [0, 0.1) is 13.8 Å². The average molecular weight is 431 g/mol. The summed E-state index contributed by atoms with van der Waals surface area (Å²) < 4.78 is 7.07. The van der Waals surface area contributed by atoms with Crippen molar-refractivity contribution >= 4 is 22.7 Å². The molecule has 162 valence electrons. The number of nitrogens with two attached hydrogens (primary N) is 2. The molecule has 5 rings (SSSR count). The highest BCUT2D eigenvalue weighted by Crippen LogP contribution is 2.38. The van der Waals surface area contributed by atoms with E-state index in [9.17, 15) is 9.59 Å². The van der Waals surface area contributed by atoms with Crippen LogP contribution in [0.2, 0.25) is 0 Å². The molecular formula is C22H21N7O3. The Kier molecular flexibility index (Phi) is 4.50. The number of para-hydroxylation sites is 1. The summed E-state index contributed by atoms with van der Waals surface area (Å²) in [5, 5.41) is 9.17. The van der Waals surface area contributed by atoms with Gasteiger partial charge in [0.15, 0.2) is 5.82 Å². The van der Waals surface area contributed by atoms with Gasteiger partial charge in [-0.15, -0.1) is 0 Å². The number of aryl methyl sites for hydroxylation is 1. The summed E-state index contributed by atoms with van der Waals surface area (Å²) in [5.41, 5.74) is 14.2. The second-order valence-corrected chi connectivity index (χ2v) is 7.98. The van der Waals surface area contributed by atoms with Gasteiger partial charge in [0.25, 0.3) is 5.91 Å². The first-order chi connectivity index (χ1) is 15.3. The number of rotatable bonds is 6. The number of amides is 2. The molecule has 0 saturated heterocycles. The van der Waals surface area contributed by atoms with Crippen molar-refractivity contribution in [3.63, 3.8) is 0 Å². The van der Waals surface area contributed by atoms with Crippen LogP contribution in [0.3, 0.4) is 0 Å². The molecule has 1 aliphatic rings. The molecule has 1 saturated carbocycles. The Morgan fingerprint density at radius 1 is 1.09 bits per heavy atom. The maximum Gasteiger partial charge on any atom is 0.267 e. The number of carbonyl (C=O) groups excluding carboxylic acids is 2. The number of benzene rings is 1. The fraction of sp³-hybridized carbons (Fsp3) is 0.273. The van der Waals surface area contributed by atoms with Crippen molar-refractivity contribution in [2.75, 3.05) is 0 Å². The Bertz CT molecular complexity index is 1400. The third-order valence-electron chi connectivity index (χ3n) is 5.72. The third-order valence-corrected chi connectivity index (χ3v) is 5.72. The summed E-state index contributed by atoms with van der Waals surface area (Å²) in [7, 11) is 0. The highest BCUT2D eigenvalue weighted by Gasteiger charge is 2.30.